The van der Waals surface area contributed by atoms with Crippen LogP contribution in [0.2, 0.25) is 5.02 Å². The molecule has 0 atom stereocenters. The average Bonchev–Trinajstić information content (AvgIpc) is 2.45. The number of rotatable bonds is 5. The number of aromatic nitrogens is 1. The highest BCUT2D eigenvalue weighted by Gasteiger charge is 2.15. The fraction of sp³-hybridized carbons (Fsp3) is 0.200. The van der Waals surface area contributed by atoms with Gasteiger partial charge in [0.05, 0.1) is 22.8 Å². The van der Waals surface area contributed by atoms with Crippen molar-refractivity contribution < 1.29 is 0 Å². The molecular formula is C15H16ClN3S. The van der Waals surface area contributed by atoms with Gasteiger partial charge in [0.15, 0.2) is 0 Å². The Hall–Kier alpha value is -1.65. The molecule has 104 valence electrons. The Morgan fingerprint density at radius 3 is 2.70 bits per heavy atom. The van der Waals surface area contributed by atoms with E-state index in [1.54, 1.807) is 12.3 Å². The van der Waals surface area contributed by atoms with E-state index in [-0.39, 0.29) is 0 Å². The van der Waals surface area contributed by atoms with Crippen LogP contribution in [0.4, 0.5) is 5.69 Å². The number of hydrogen-bond donors (Lipinski definition) is 1. The Kier molecular flexibility index (Phi) is 4.93. The Bertz CT molecular complexity index is 601. The lowest BCUT2D eigenvalue weighted by atomic mass is 10.1. The van der Waals surface area contributed by atoms with Crippen molar-refractivity contribution in [2.45, 2.75) is 13.5 Å². The summed E-state index contributed by atoms with van der Waals surface area (Å²) >= 11 is 11.3. The number of halogens is 1. The van der Waals surface area contributed by atoms with E-state index in [9.17, 15) is 0 Å². The zero-order chi connectivity index (χ0) is 14.5. The lowest BCUT2D eigenvalue weighted by Gasteiger charge is -2.25. The molecule has 2 aromatic rings. The summed E-state index contributed by atoms with van der Waals surface area (Å²) in [5.74, 6) is 0. The van der Waals surface area contributed by atoms with Gasteiger partial charge in [-0.3, -0.25) is 4.98 Å². The van der Waals surface area contributed by atoms with E-state index in [4.69, 9.17) is 29.6 Å². The maximum Gasteiger partial charge on any atom is 0.107 e. The van der Waals surface area contributed by atoms with Gasteiger partial charge in [-0.15, -0.1) is 0 Å². The normalized spacial score (nSPS) is 10.3. The minimum absolute atomic E-state index is 0.310. The predicted octanol–water partition coefficient (Wildman–Crippen LogP) is 3.40. The molecule has 0 spiro atoms. The summed E-state index contributed by atoms with van der Waals surface area (Å²) in [6.45, 7) is 3.58. The van der Waals surface area contributed by atoms with Crippen molar-refractivity contribution in [3.8, 4) is 0 Å². The van der Waals surface area contributed by atoms with Crippen LogP contribution in [0.1, 0.15) is 18.2 Å². The molecule has 1 aromatic carbocycles. The molecular weight excluding hydrogens is 290 g/mol. The van der Waals surface area contributed by atoms with E-state index in [2.05, 4.69) is 16.8 Å². The van der Waals surface area contributed by atoms with Crippen molar-refractivity contribution in [1.82, 2.24) is 4.98 Å². The molecule has 5 heteroatoms. The molecule has 1 aromatic heterocycles. The number of anilines is 1. The zero-order valence-electron chi connectivity index (χ0n) is 11.2. The number of thiocarbonyl (C=S) groups is 1. The average molecular weight is 306 g/mol. The monoisotopic (exact) mass is 305 g/mol. The van der Waals surface area contributed by atoms with Crippen LogP contribution in [0.3, 0.4) is 0 Å². The van der Waals surface area contributed by atoms with Crippen molar-refractivity contribution in [2.24, 2.45) is 5.73 Å². The van der Waals surface area contributed by atoms with Crippen molar-refractivity contribution in [2.75, 3.05) is 11.4 Å². The summed E-state index contributed by atoms with van der Waals surface area (Å²) < 4.78 is 0. The van der Waals surface area contributed by atoms with E-state index < -0.39 is 0 Å². The zero-order valence-corrected chi connectivity index (χ0v) is 12.8. The quantitative estimate of drug-likeness (QED) is 0.860. The smallest absolute Gasteiger partial charge is 0.107 e. The third-order valence-corrected chi connectivity index (χ3v) is 3.56. The van der Waals surface area contributed by atoms with Gasteiger partial charge in [0.1, 0.15) is 4.99 Å². The van der Waals surface area contributed by atoms with Crippen LogP contribution < -0.4 is 10.6 Å². The van der Waals surface area contributed by atoms with E-state index in [0.717, 1.165) is 23.5 Å². The van der Waals surface area contributed by atoms with Crippen molar-refractivity contribution in [1.29, 1.82) is 0 Å². The molecule has 0 radical (unpaired) electrons. The van der Waals surface area contributed by atoms with Crippen LogP contribution in [-0.2, 0) is 6.54 Å². The summed E-state index contributed by atoms with van der Waals surface area (Å²) in [6, 6.07) is 11.6. The fourth-order valence-corrected chi connectivity index (χ4v) is 2.62. The third-order valence-electron chi connectivity index (χ3n) is 3.04. The maximum atomic E-state index is 6.22. The molecule has 0 aliphatic heterocycles. The molecule has 0 bridgehead atoms. The minimum atomic E-state index is 0.310. The number of nitrogens with zero attached hydrogens (tertiary/aromatic N) is 2. The van der Waals surface area contributed by atoms with Gasteiger partial charge in [0, 0.05) is 18.4 Å². The summed E-state index contributed by atoms with van der Waals surface area (Å²) in [5.41, 5.74) is 8.46. The van der Waals surface area contributed by atoms with Gasteiger partial charge >= 0.3 is 0 Å². The molecule has 0 fully saturated rings. The van der Waals surface area contributed by atoms with Gasteiger partial charge in [-0.25, -0.2) is 0 Å². The van der Waals surface area contributed by atoms with Gasteiger partial charge < -0.3 is 10.6 Å². The predicted molar refractivity (Wildman–Crippen MR) is 88.3 cm³/mol. The third kappa shape index (κ3) is 3.26. The molecule has 1 heterocycles. The van der Waals surface area contributed by atoms with Gasteiger partial charge in [-0.2, -0.15) is 0 Å². The summed E-state index contributed by atoms with van der Waals surface area (Å²) in [5, 5.41) is 0.578. The molecule has 0 unspecified atom stereocenters. The van der Waals surface area contributed by atoms with E-state index >= 15 is 0 Å². The second kappa shape index (κ2) is 6.68. The first-order chi connectivity index (χ1) is 9.63. The fourth-order valence-electron chi connectivity index (χ4n) is 2.07. The van der Waals surface area contributed by atoms with Crippen LogP contribution in [0, 0.1) is 0 Å². The van der Waals surface area contributed by atoms with Crippen LogP contribution in [0.15, 0.2) is 42.6 Å². The minimum Gasteiger partial charge on any atom is -0.389 e. The Labute approximate surface area is 129 Å². The summed E-state index contributed by atoms with van der Waals surface area (Å²) in [6.07, 6.45) is 1.79. The molecule has 0 saturated heterocycles. The van der Waals surface area contributed by atoms with Crippen LogP contribution in [0.5, 0.6) is 0 Å². The van der Waals surface area contributed by atoms with Crippen molar-refractivity contribution >= 4 is 34.5 Å². The van der Waals surface area contributed by atoms with Crippen LogP contribution in [-0.4, -0.2) is 16.5 Å². The first kappa shape index (κ1) is 14.8. The molecule has 2 rings (SSSR count). The molecule has 0 aliphatic rings. The summed E-state index contributed by atoms with van der Waals surface area (Å²) in [4.78, 5) is 6.82. The highest BCUT2D eigenvalue weighted by molar-refractivity contribution is 7.80. The van der Waals surface area contributed by atoms with Crippen molar-refractivity contribution in [3.05, 3.63) is 58.9 Å². The molecule has 0 aliphatic carbocycles. The molecule has 3 nitrogen and oxygen atoms in total. The largest absolute Gasteiger partial charge is 0.389 e. The number of hydrogen-bond acceptors (Lipinski definition) is 3. The van der Waals surface area contributed by atoms with Crippen LogP contribution in [0.25, 0.3) is 0 Å². The number of nitrogens with two attached hydrogens (primary N) is 1. The highest BCUT2D eigenvalue weighted by atomic mass is 35.5. The summed E-state index contributed by atoms with van der Waals surface area (Å²) in [7, 11) is 0. The molecule has 2 N–H and O–H groups in total. The van der Waals surface area contributed by atoms with E-state index in [1.165, 1.54) is 0 Å². The Morgan fingerprint density at radius 2 is 2.10 bits per heavy atom. The van der Waals surface area contributed by atoms with E-state index in [0.29, 0.717) is 16.6 Å². The second-order valence-corrected chi connectivity index (χ2v) is 5.18. The standard InChI is InChI=1S/C15H16ClN3S/c1-2-19(10-11-6-3-4-9-18-11)13-8-5-7-12(16)14(13)15(17)20/h3-9H,2,10H2,1H3,(H2,17,20). The molecule has 0 saturated carbocycles. The first-order valence-electron chi connectivity index (χ1n) is 6.36. The van der Waals surface area contributed by atoms with Gasteiger partial charge in [-0.05, 0) is 31.2 Å². The van der Waals surface area contributed by atoms with E-state index in [1.807, 2.05) is 30.3 Å². The highest BCUT2D eigenvalue weighted by Crippen LogP contribution is 2.28. The number of pyridine rings is 1. The Morgan fingerprint density at radius 1 is 1.30 bits per heavy atom. The topological polar surface area (TPSA) is 42.2 Å². The lowest BCUT2D eigenvalue weighted by Crippen LogP contribution is -2.26. The number of benzene rings is 1. The van der Waals surface area contributed by atoms with Gasteiger partial charge in [0.25, 0.3) is 0 Å². The molecule has 20 heavy (non-hydrogen) atoms. The SMILES string of the molecule is CCN(Cc1ccccn1)c1cccc(Cl)c1C(N)=S. The lowest BCUT2D eigenvalue weighted by molar-refractivity contribution is 0.809. The Balaban J connectivity index is 2.37. The first-order valence-corrected chi connectivity index (χ1v) is 7.15. The van der Waals surface area contributed by atoms with Gasteiger partial charge in [0.2, 0.25) is 0 Å². The maximum absolute atomic E-state index is 6.22. The van der Waals surface area contributed by atoms with Crippen molar-refractivity contribution in [3.63, 3.8) is 0 Å². The molecule has 0 amide bonds. The van der Waals surface area contributed by atoms with Crippen LogP contribution >= 0.6 is 23.8 Å². The second-order valence-electron chi connectivity index (χ2n) is 4.33. The van der Waals surface area contributed by atoms with Gasteiger partial charge in [-0.1, -0.05) is 36.0 Å².